The molecule has 0 saturated heterocycles. The van der Waals surface area contributed by atoms with Crippen LogP contribution in [0.2, 0.25) is 0 Å². The molecule has 0 aromatic carbocycles. The van der Waals surface area contributed by atoms with E-state index in [4.69, 9.17) is 0 Å². The van der Waals surface area contributed by atoms with E-state index in [1.54, 1.807) is 6.92 Å². The van der Waals surface area contributed by atoms with Crippen molar-refractivity contribution in [3.05, 3.63) is 12.7 Å². The van der Waals surface area contributed by atoms with Crippen LogP contribution in [0.15, 0.2) is 12.7 Å². The number of esters is 1. The minimum Gasteiger partial charge on any atom is -0.463 e. The van der Waals surface area contributed by atoms with Crippen molar-refractivity contribution in [1.82, 2.24) is 0 Å². The van der Waals surface area contributed by atoms with Gasteiger partial charge < -0.3 is 4.74 Å². The van der Waals surface area contributed by atoms with Gasteiger partial charge in [-0.1, -0.05) is 6.58 Å². The molecule has 0 aliphatic carbocycles. The van der Waals surface area contributed by atoms with E-state index in [0.717, 1.165) is 6.08 Å². The molecule has 0 saturated carbocycles. The van der Waals surface area contributed by atoms with E-state index in [9.17, 15) is 13.2 Å². The second-order valence-electron chi connectivity index (χ2n) is 2.39. The molecule has 0 aliphatic rings. The summed E-state index contributed by atoms with van der Waals surface area (Å²) in [6, 6.07) is 0. The van der Waals surface area contributed by atoms with Gasteiger partial charge in [-0.15, -0.1) is 0 Å². The number of ether oxygens (including phenoxy) is 1. The van der Waals surface area contributed by atoms with Crippen LogP contribution >= 0.6 is 0 Å². The Labute approximate surface area is 83.8 Å². The van der Waals surface area contributed by atoms with Crippen molar-refractivity contribution in [1.29, 1.82) is 0 Å². The second kappa shape index (κ2) is 6.56. The number of hydrogen-bond donors (Lipinski definition) is 0. The van der Waals surface area contributed by atoms with E-state index in [1.165, 1.54) is 0 Å². The summed E-state index contributed by atoms with van der Waals surface area (Å²) < 4.78 is 31.0. The summed E-state index contributed by atoms with van der Waals surface area (Å²) in [5.41, 5.74) is 0. The van der Waals surface area contributed by atoms with Gasteiger partial charge in [0.2, 0.25) is 0 Å². The van der Waals surface area contributed by atoms with Crippen LogP contribution in [-0.2, 0) is 23.8 Å². The molecule has 0 amide bonds. The van der Waals surface area contributed by atoms with Gasteiger partial charge in [0, 0.05) is 6.08 Å². The van der Waals surface area contributed by atoms with E-state index in [2.05, 4.69) is 15.5 Å². The average molecular weight is 222 g/mol. The van der Waals surface area contributed by atoms with Crippen molar-refractivity contribution in [2.24, 2.45) is 0 Å². The quantitative estimate of drug-likeness (QED) is 0.271. The maximum Gasteiger partial charge on any atom is 0.330 e. The van der Waals surface area contributed by atoms with E-state index in [0.29, 0.717) is 0 Å². The first-order valence-electron chi connectivity index (χ1n) is 4.18. The van der Waals surface area contributed by atoms with Crippen molar-refractivity contribution in [2.45, 2.75) is 13.3 Å². The highest BCUT2D eigenvalue weighted by molar-refractivity contribution is 7.86. The molecule has 5 nitrogen and oxygen atoms in total. The molecule has 0 spiro atoms. The Bertz CT molecular complexity index is 280. The molecule has 0 radical (unpaired) electrons. The van der Waals surface area contributed by atoms with Gasteiger partial charge in [0.05, 0.1) is 19.0 Å². The lowest BCUT2D eigenvalue weighted by Gasteiger charge is -2.03. The molecule has 0 rings (SSSR count). The predicted molar refractivity (Wildman–Crippen MR) is 51.2 cm³/mol. The molecule has 0 atom stereocenters. The highest BCUT2D eigenvalue weighted by atomic mass is 32.2. The molecular formula is C8H14O5S. The lowest BCUT2D eigenvalue weighted by Crippen LogP contribution is -2.13. The lowest BCUT2D eigenvalue weighted by molar-refractivity contribution is -0.137. The monoisotopic (exact) mass is 222 g/mol. The van der Waals surface area contributed by atoms with E-state index < -0.39 is 16.1 Å². The molecule has 82 valence electrons. The van der Waals surface area contributed by atoms with Crippen LogP contribution in [0.4, 0.5) is 0 Å². The molecule has 0 aliphatic heterocycles. The number of carbonyl (C=O) groups excluding carboxylic acids is 1. The standard InChI is InChI=1S/C8H14O5S/c1-3-8(9)12-6-5-7-14(10,11)13-4-2/h3H,1,4-7H2,2H3. The third-order valence-corrected chi connectivity index (χ3v) is 2.63. The van der Waals surface area contributed by atoms with Crippen LogP contribution in [0.25, 0.3) is 0 Å². The minimum atomic E-state index is -3.45. The van der Waals surface area contributed by atoms with Gasteiger partial charge in [-0.3, -0.25) is 4.18 Å². The number of carbonyl (C=O) groups is 1. The molecule has 0 aromatic heterocycles. The average Bonchev–Trinajstić information content (AvgIpc) is 2.12. The zero-order valence-electron chi connectivity index (χ0n) is 8.06. The fourth-order valence-electron chi connectivity index (χ4n) is 0.706. The summed E-state index contributed by atoms with van der Waals surface area (Å²) in [6.45, 7) is 4.97. The normalized spacial score (nSPS) is 10.9. The zero-order valence-corrected chi connectivity index (χ0v) is 8.88. The number of rotatable bonds is 7. The largest absolute Gasteiger partial charge is 0.463 e. The van der Waals surface area contributed by atoms with Gasteiger partial charge in [0.1, 0.15) is 0 Å². The van der Waals surface area contributed by atoms with Crippen molar-refractivity contribution >= 4 is 16.1 Å². The Balaban J connectivity index is 3.64. The van der Waals surface area contributed by atoms with Crippen LogP contribution in [0.1, 0.15) is 13.3 Å². The first-order chi connectivity index (χ1) is 6.52. The van der Waals surface area contributed by atoms with E-state index in [1.807, 2.05) is 0 Å². The van der Waals surface area contributed by atoms with Crippen molar-refractivity contribution in [3.8, 4) is 0 Å². The van der Waals surface area contributed by atoms with E-state index >= 15 is 0 Å². The van der Waals surface area contributed by atoms with E-state index in [-0.39, 0.29) is 25.4 Å². The van der Waals surface area contributed by atoms with Gasteiger partial charge in [-0.25, -0.2) is 4.79 Å². The summed E-state index contributed by atoms with van der Waals surface area (Å²) >= 11 is 0. The predicted octanol–water partition coefficient (Wildman–Crippen LogP) is 0.472. The lowest BCUT2D eigenvalue weighted by atomic mass is 10.5. The molecular weight excluding hydrogens is 208 g/mol. The minimum absolute atomic E-state index is 0.0527. The smallest absolute Gasteiger partial charge is 0.330 e. The molecule has 0 heterocycles. The highest BCUT2D eigenvalue weighted by Gasteiger charge is 2.09. The Kier molecular flexibility index (Phi) is 6.14. The summed E-state index contributed by atoms with van der Waals surface area (Å²) in [6.07, 6.45) is 1.25. The van der Waals surface area contributed by atoms with Crippen molar-refractivity contribution in [2.75, 3.05) is 19.0 Å². The van der Waals surface area contributed by atoms with Crippen LogP contribution in [0.5, 0.6) is 0 Å². The third kappa shape index (κ3) is 6.62. The van der Waals surface area contributed by atoms with Gasteiger partial charge in [-0.2, -0.15) is 8.42 Å². The van der Waals surface area contributed by atoms with Crippen LogP contribution in [-0.4, -0.2) is 33.4 Å². The highest BCUT2D eigenvalue weighted by Crippen LogP contribution is 1.96. The van der Waals surface area contributed by atoms with Gasteiger partial charge in [0.25, 0.3) is 10.1 Å². The zero-order chi connectivity index (χ0) is 11.0. The molecule has 0 unspecified atom stereocenters. The topological polar surface area (TPSA) is 69.7 Å². The Hall–Kier alpha value is -0.880. The summed E-state index contributed by atoms with van der Waals surface area (Å²) in [5.74, 6) is -0.704. The number of hydrogen-bond acceptors (Lipinski definition) is 5. The molecule has 0 bridgehead atoms. The summed E-state index contributed by atoms with van der Waals surface area (Å²) in [4.78, 5) is 10.5. The Morgan fingerprint density at radius 2 is 2.14 bits per heavy atom. The fourth-order valence-corrected chi connectivity index (χ4v) is 1.65. The summed E-state index contributed by atoms with van der Waals surface area (Å²) in [5, 5.41) is 0. The van der Waals surface area contributed by atoms with Crippen molar-refractivity contribution in [3.63, 3.8) is 0 Å². The SMILES string of the molecule is C=CC(=O)OCCCS(=O)(=O)OCC. The van der Waals surface area contributed by atoms with Crippen LogP contribution in [0, 0.1) is 0 Å². The first kappa shape index (κ1) is 13.1. The Morgan fingerprint density at radius 1 is 1.50 bits per heavy atom. The first-order valence-corrected chi connectivity index (χ1v) is 5.76. The van der Waals surface area contributed by atoms with Gasteiger partial charge in [0.15, 0.2) is 0 Å². The second-order valence-corrected chi connectivity index (χ2v) is 4.15. The van der Waals surface area contributed by atoms with Crippen LogP contribution < -0.4 is 0 Å². The van der Waals surface area contributed by atoms with Crippen molar-refractivity contribution < 1.29 is 22.1 Å². The van der Waals surface area contributed by atoms with Crippen LogP contribution in [0.3, 0.4) is 0 Å². The maximum atomic E-state index is 11.0. The molecule has 6 heteroatoms. The third-order valence-electron chi connectivity index (χ3n) is 1.25. The maximum absolute atomic E-state index is 11.0. The molecule has 0 aromatic rings. The Morgan fingerprint density at radius 3 is 2.64 bits per heavy atom. The molecule has 14 heavy (non-hydrogen) atoms. The molecule has 0 N–H and O–H groups in total. The molecule has 0 fully saturated rings. The summed E-state index contributed by atoms with van der Waals surface area (Å²) in [7, 11) is -3.45. The van der Waals surface area contributed by atoms with Gasteiger partial charge >= 0.3 is 5.97 Å². The fraction of sp³-hybridized carbons (Fsp3) is 0.625. The van der Waals surface area contributed by atoms with Gasteiger partial charge in [-0.05, 0) is 13.3 Å².